The lowest BCUT2D eigenvalue weighted by Gasteiger charge is -2.05. The second-order valence-electron chi connectivity index (χ2n) is 4.58. The van der Waals surface area contributed by atoms with Crippen LogP contribution in [-0.4, -0.2) is 40.2 Å². The van der Waals surface area contributed by atoms with Gasteiger partial charge in [0.05, 0.1) is 6.61 Å². The van der Waals surface area contributed by atoms with E-state index < -0.39 is 0 Å². The Morgan fingerprint density at radius 1 is 1.10 bits per heavy atom. The van der Waals surface area contributed by atoms with Crippen LogP contribution in [0, 0.1) is 13.8 Å². The molecule has 0 aliphatic heterocycles. The van der Waals surface area contributed by atoms with Gasteiger partial charge in [-0.3, -0.25) is 0 Å². The average molecular weight is 305 g/mol. The van der Waals surface area contributed by atoms with Gasteiger partial charge in [0, 0.05) is 49.5 Å². The number of hydrogen-bond acceptors (Lipinski definition) is 7. The summed E-state index contributed by atoms with van der Waals surface area (Å²) in [4.78, 5) is 17.4. The van der Waals surface area contributed by atoms with Gasteiger partial charge in [0.15, 0.2) is 10.3 Å². The maximum absolute atomic E-state index is 4.97. The molecule has 6 nitrogen and oxygen atoms in total. The van der Waals surface area contributed by atoms with Crippen LogP contribution in [0.5, 0.6) is 0 Å². The van der Waals surface area contributed by atoms with Gasteiger partial charge in [-0.1, -0.05) is 0 Å². The van der Waals surface area contributed by atoms with Gasteiger partial charge in [-0.25, -0.2) is 19.9 Å². The van der Waals surface area contributed by atoms with Crippen LogP contribution >= 0.6 is 11.8 Å². The Morgan fingerprint density at radius 2 is 1.76 bits per heavy atom. The molecule has 0 spiro atoms. The lowest BCUT2D eigenvalue weighted by molar-refractivity contribution is 0.199. The lowest BCUT2D eigenvalue weighted by atomic mass is 10.3. The third-order valence-electron chi connectivity index (χ3n) is 2.64. The summed E-state index contributed by atoms with van der Waals surface area (Å²) in [6.07, 6.45) is 3.63. The quantitative estimate of drug-likeness (QED) is 0.617. The largest absolute Gasteiger partial charge is 0.383 e. The molecule has 0 saturated heterocycles. The van der Waals surface area contributed by atoms with Crippen LogP contribution in [0.15, 0.2) is 28.8 Å². The third kappa shape index (κ3) is 5.37. The van der Waals surface area contributed by atoms with Crippen molar-refractivity contribution in [2.75, 3.05) is 20.3 Å². The Hall–Kier alpha value is -1.57. The number of nitrogens with one attached hydrogen (secondary N) is 1. The van der Waals surface area contributed by atoms with Gasteiger partial charge in [-0.2, -0.15) is 0 Å². The first-order valence-corrected chi connectivity index (χ1v) is 7.50. The van der Waals surface area contributed by atoms with Gasteiger partial charge in [0.1, 0.15) is 0 Å². The number of rotatable bonds is 7. The molecular formula is C14H19N5OS. The zero-order valence-corrected chi connectivity index (χ0v) is 13.3. The molecular weight excluding hydrogens is 286 g/mol. The molecule has 0 atom stereocenters. The third-order valence-corrected chi connectivity index (χ3v) is 3.40. The van der Waals surface area contributed by atoms with Gasteiger partial charge < -0.3 is 10.1 Å². The fraction of sp³-hybridized carbons (Fsp3) is 0.429. The summed E-state index contributed by atoms with van der Waals surface area (Å²) in [5.74, 6) is 0. The minimum Gasteiger partial charge on any atom is -0.383 e. The van der Waals surface area contributed by atoms with Gasteiger partial charge in [-0.15, -0.1) is 0 Å². The smallest absolute Gasteiger partial charge is 0.195 e. The molecule has 21 heavy (non-hydrogen) atoms. The molecule has 0 fully saturated rings. The summed E-state index contributed by atoms with van der Waals surface area (Å²) in [5, 5.41) is 4.58. The molecule has 112 valence electrons. The van der Waals surface area contributed by atoms with E-state index in [0.29, 0.717) is 16.9 Å². The molecule has 2 rings (SSSR count). The van der Waals surface area contributed by atoms with Crippen molar-refractivity contribution in [3.05, 3.63) is 35.4 Å². The molecule has 0 radical (unpaired) electrons. The van der Waals surface area contributed by atoms with Gasteiger partial charge in [-0.05, 0) is 31.7 Å². The number of methoxy groups -OCH3 is 1. The summed E-state index contributed by atoms with van der Waals surface area (Å²) in [6.45, 7) is 6.14. The van der Waals surface area contributed by atoms with Crippen molar-refractivity contribution < 1.29 is 4.74 Å². The molecule has 2 aromatic rings. The lowest BCUT2D eigenvalue weighted by Crippen LogP contribution is -2.18. The molecule has 0 amide bonds. The number of hydrogen-bond donors (Lipinski definition) is 1. The zero-order valence-electron chi connectivity index (χ0n) is 12.5. The van der Waals surface area contributed by atoms with E-state index >= 15 is 0 Å². The minimum absolute atomic E-state index is 0.653. The van der Waals surface area contributed by atoms with Crippen LogP contribution in [0.3, 0.4) is 0 Å². The predicted molar refractivity (Wildman–Crippen MR) is 81.2 cm³/mol. The Kier molecular flexibility index (Phi) is 6.04. The Bertz CT molecular complexity index is 556. The number of aryl methyl sites for hydroxylation is 2. The highest BCUT2D eigenvalue weighted by molar-refractivity contribution is 7.99. The molecule has 0 aliphatic rings. The number of nitrogens with zero attached hydrogens (tertiary/aromatic N) is 4. The number of aromatic nitrogens is 4. The summed E-state index contributed by atoms with van der Waals surface area (Å²) < 4.78 is 4.97. The molecule has 0 aliphatic carbocycles. The fourth-order valence-corrected chi connectivity index (χ4v) is 2.47. The molecule has 7 heteroatoms. The van der Waals surface area contributed by atoms with Crippen LogP contribution in [0.25, 0.3) is 0 Å². The first-order chi connectivity index (χ1) is 10.2. The molecule has 0 bridgehead atoms. The van der Waals surface area contributed by atoms with Gasteiger partial charge >= 0.3 is 0 Å². The van der Waals surface area contributed by atoms with Crippen molar-refractivity contribution in [1.82, 2.24) is 25.3 Å². The van der Waals surface area contributed by atoms with Crippen LogP contribution in [0.2, 0.25) is 0 Å². The Labute approximate surface area is 128 Å². The van der Waals surface area contributed by atoms with Crippen molar-refractivity contribution in [3.8, 4) is 0 Å². The molecule has 2 aromatic heterocycles. The molecule has 1 N–H and O–H groups in total. The van der Waals surface area contributed by atoms with E-state index in [4.69, 9.17) is 4.74 Å². The molecule has 0 saturated carbocycles. The van der Waals surface area contributed by atoms with Crippen LogP contribution in [0.1, 0.15) is 17.0 Å². The molecule has 0 unspecified atom stereocenters. The summed E-state index contributed by atoms with van der Waals surface area (Å²) in [7, 11) is 1.69. The highest BCUT2D eigenvalue weighted by atomic mass is 32.2. The average Bonchev–Trinajstić information content (AvgIpc) is 2.44. The standard InChI is InChI=1S/C14H19N5OS/c1-10-6-11(2)19-14(18-10)21-13-16-8-12(9-17-13)7-15-4-5-20-3/h6,8-9,15H,4-5,7H2,1-3H3. The molecule has 2 heterocycles. The van der Waals surface area contributed by atoms with Crippen molar-refractivity contribution in [1.29, 1.82) is 0 Å². The van der Waals surface area contributed by atoms with E-state index in [1.165, 1.54) is 11.8 Å². The van der Waals surface area contributed by atoms with Gasteiger partial charge in [0.2, 0.25) is 0 Å². The van der Waals surface area contributed by atoms with Crippen LogP contribution in [0.4, 0.5) is 0 Å². The maximum atomic E-state index is 4.97. The SMILES string of the molecule is COCCNCc1cnc(Sc2nc(C)cc(C)n2)nc1. The van der Waals surface area contributed by atoms with Crippen LogP contribution < -0.4 is 5.32 Å². The monoisotopic (exact) mass is 305 g/mol. The topological polar surface area (TPSA) is 72.8 Å². The number of ether oxygens (including phenoxy) is 1. The Balaban J connectivity index is 1.92. The zero-order chi connectivity index (χ0) is 15.1. The van der Waals surface area contributed by atoms with Gasteiger partial charge in [0.25, 0.3) is 0 Å². The second-order valence-corrected chi connectivity index (χ2v) is 5.51. The van der Waals surface area contributed by atoms with E-state index in [1.54, 1.807) is 7.11 Å². The van der Waals surface area contributed by atoms with Crippen LogP contribution in [-0.2, 0) is 11.3 Å². The fourth-order valence-electron chi connectivity index (χ4n) is 1.71. The summed E-state index contributed by atoms with van der Waals surface area (Å²) >= 11 is 1.37. The van der Waals surface area contributed by atoms with E-state index in [-0.39, 0.29) is 0 Å². The van der Waals surface area contributed by atoms with Crippen molar-refractivity contribution in [2.45, 2.75) is 30.7 Å². The normalized spacial score (nSPS) is 10.8. The minimum atomic E-state index is 0.653. The highest BCUT2D eigenvalue weighted by Gasteiger charge is 2.05. The second kappa shape index (κ2) is 8.02. The maximum Gasteiger partial charge on any atom is 0.195 e. The predicted octanol–water partition coefficient (Wildman–Crippen LogP) is 1.77. The summed E-state index contributed by atoms with van der Waals surface area (Å²) in [6, 6.07) is 1.94. The van der Waals surface area contributed by atoms with E-state index in [1.807, 2.05) is 32.3 Å². The van der Waals surface area contributed by atoms with E-state index in [2.05, 4.69) is 25.3 Å². The first kappa shape index (κ1) is 15.8. The van der Waals surface area contributed by atoms with Crippen molar-refractivity contribution >= 4 is 11.8 Å². The van der Waals surface area contributed by atoms with E-state index in [0.717, 1.165) is 30.0 Å². The molecule has 0 aromatic carbocycles. The van der Waals surface area contributed by atoms with E-state index in [9.17, 15) is 0 Å². The first-order valence-electron chi connectivity index (χ1n) is 6.68. The highest BCUT2D eigenvalue weighted by Crippen LogP contribution is 2.20. The summed E-state index contributed by atoms with van der Waals surface area (Å²) in [5.41, 5.74) is 2.93. The van der Waals surface area contributed by atoms with Crippen molar-refractivity contribution in [3.63, 3.8) is 0 Å². The van der Waals surface area contributed by atoms with Crippen molar-refractivity contribution in [2.24, 2.45) is 0 Å². The Morgan fingerprint density at radius 3 is 2.38 bits per heavy atom.